The minimum Gasteiger partial charge on any atom is -0.491 e. The van der Waals surface area contributed by atoms with Crippen molar-refractivity contribution in [2.24, 2.45) is 10.7 Å². The molecule has 122 valence electrons. The predicted molar refractivity (Wildman–Crippen MR) is 96.8 cm³/mol. The van der Waals surface area contributed by atoms with E-state index in [9.17, 15) is 0 Å². The molecule has 4 heteroatoms. The van der Waals surface area contributed by atoms with Gasteiger partial charge in [-0.05, 0) is 25.5 Å². The maximum atomic E-state index is 5.96. The van der Waals surface area contributed by atoms with Gasteiger partial charge in [0.1, 0.15) is 12.4 Å². The molecule has 0 atom stereocenters. The van der Waals surface area contributed by atoms with Crippen molar-refractivity contribution in [3.63, 3.8) is 0 Å². The zero-order chi connectivity index (χ0) is 16.5. The monoisotopic (exact) mass is 311 g/mol. The highest BCUT2D eigenvalue weighted by atomic mass is 16.5. The summed E-state index contributed by atoms with van der Waals surface area (Å²) in [7, 11) is 0. The highest BCUT2D eigenvalue weighted by Gasteiger charge is 2.05. The minimum atomic E-state index is 0.506. The molecule has 0 unspecified atom stereocenters. The van der Waals surface area contributed by atoms with Crippen LogP contribution in [0.1, 0.15) is 13.8 Å². The quantitative estimate of drug-likeness (QED) is 0.484. The first kappa shape index (κ1) is 16.9. The Labute approximate surface area is 138 Å². The van der Waals surface area contributed by atoms with Gasteiger partial charge in [-0.2, -0.15) is 0 Å². The van der Waals surface area contributed by atoms with E-state index in [0.29, 0.717) is 19.1 Å². The summed E-state index contributed by atoms with van der Waals surface area (Å²) in [6.07, 6.45) is 0. The first-order valence-electron chi connectivity index (χ1n) is 8.08. The van der Waals surface area contributed by atoms with Crippen LogP contribution in [0.25, 0.3) is 11.1 Å². The SMILES string of the molecule is CCN(CC)C(N)=NCCOc1ccccc1-c1ccccc1. The third-order valence-electron chi connectivity index (χ3n) is 3.68. The van der Waals surface area contributed by atoms with E-state index < -0.39 is 0 Å². The molecule has 0 bridgehead atoms. The number of hydrogen-bond acceptors (Lipinski definition) is 2. The lowest BCUT2D eigenvalue weighted by molar-refractivity contribution is 0.328. The van der Waals surface area contributed by atoms with E-state index in [0.717, 1.165) is 30.0 Å². The molecule has 0 saturated heterocycles. The van der Waals surface area contributed by atoms with Gasteiger partial charge >= 0.3 is 0 Å². The molecule has 23 heavy (non-hydrogen) atoms. The van der Waals surface area contributed by atoms with Crippen LogP contribution >= 0.6 is 0 Å². The van der Waals surface area contributed by atoms with Gasteiger partial charge in [0.25, 0.3) is 0 Å². The summed E-state index contributed by atoms with van der Waals surface area (Å²) in [4.78, 5) is 6.40. The van der Waals surface area contributed by atoms with Crippen molar-refractivity contribution in [3.05, 3.63) is 54.6 Å². The normalized spacial score (nSPS) is 11.3. The number of ether oxygens (including phenoxy) is 1. The molecule has 0 aliphatic rings. The zero-order valence-electron chi connectivity index (χ0n) is 13.9. The van der Waals surface area contributed by atoms with Gasteiger partial charge in [-0.1, -0.05) is 48.5 Å². The highest BCUT2D eigenvalue weighted by molar-refractivity contribution is 5.78. The Balaban J connectivity index is 1.98. The third kappa shape index (κ3) is 4.74. The Hall–Kier alpha value is -2.49. The summed E-state index contributed by atoms with van der Waals surface area (Å²) in [6, 6.07) is 18.3. The number of nitrogens with zero attached hydrogens (tertiary/aromatic N) is 2. The predicted octanol–water partition coefficient (Wildman–Crippen LogP) is 3.39. The summed E-state index contributed by atoms with van der Waals surface area (Å²) in [5.41, 5.74) is 8.20. The van der Waals surface area contributed by atoms with Crippen LogP contribution in [-0.2, 0) is 0 Å². The molecule has 2 rings (SSSR count). The van der Waals surface area contributed by atoms with Gasteiger partial charge in [0, 0.05) is 18.7 Å². The summed E-state index contributed by atoms with van der Waals surface area (Å²) in [5, 5.41) is 0. The largest absolute Gasteiger partial charge is 0.491 e. The summed E-state index contributed by atoms with van der Waals surface area (Å²) in [6.45, 7) is 6.92. The number of nitrogens with two attached hydrogens (primary N) is 1. The Morgan fingerprint density at radius 2 is 1.65 bits per heavy atom. The zero-order valence-corrected chi connectivity index (χ0v) is 13.9. The van der Waals surface area contributed by atoms with Gasteiger partial charge in [0.05, 0.1) is 6.54 Å². The van der Waals surface area contributed by atoms with E-state index in [1.807, 2.05) is 41.3 Å². The number of aliphatic imine (C=N–C) groups is 1. The van der Waals surface area contributed by atoms with E-state index in [1.54, 1.807) is 0 Å². The molecule has 2 aromatic carbocycles. The molecular weight excluding hydrogens is 286 g/mol. The van der Waals surface area contributed by atoms with Crippen LogP contribution in [0.3, 0.4) is 0 Å². The molecule has 2 aromatic rings. The summed E-state index contributed by atoms with van der Waals surface area (Å²) in [5.74, 6) is 1.45. The second kappa shape index (κ2) is 8.83. The molecule has 0 fully saturated rings. The average Bonchev–Trinajstić information content (AvgIpc) is 2.61. The molecule has 0 radical (unpaired) electrons. The smallest absolute Gasteiger partial charge is 0.191 e. The summed E-state index contributed by atoms with van der Waals surface area (Å²) < 4.78 is 5.91. The first-order valence-corrected chi connectivity index (χ1v) is 8.08. The van der Waals surface area contributed by atoms with E-state index in [2.05, 4.69) is 37.0 Å². The van der Waals surface area contributed by atoms with E-state index in [1.165, 1.54) is 0 Å². The maximum Gasteiger partial charge on any atom is 0.191 e. The maximum absolute atomic E-state index is 5.96. The van der Waals surface area contributed by atoms with Crippen LogP contribution in [0.2, 0.25) is 0 Å². The van der Waals surface area contributed by atoms with Crippen molar-refractivity contribution in [1.29, 1.82) is 0 Å². The van der Waals surface area contributed by atoms with E-state index in [4.69, 9.17) is 10.5 Å². The van der Waals surface area contributed by atoms with Crippen LogP contribution in [-0.4, -0.2) is 37.1 Å². The Morgan fingerprint density at radius 1 is 1.00 bits per heavy atom. The van der Waals surface area contributed by atoms with Gasteiger partial charge in [0.15, 0.2) is 5.96 Å². The molecule has 2 N–H and O–H groups in total. The Morgan fingerprint density at radius 3 is 2.35 bits per heavy atom. The van der Waals surface area contributed by atoms with Crippen molar-refractivity contribution in [3.8, 4) is 16.9 Å². The van der Waals surface area contributed by atoms with E-state index >= 15 is 0 Å². The van der Waals surface area contributed by atoms with Gasteiger partial charge in [0.2, 0.25) is 0 Å². The number of para-hydroxylation sites is 1. The molecule has 0 spiro atoms. The molecule has 0 aliphatic heterocycles. The lowest BCUT2D eigenvalue weighted by atomic mass is 10.1. The third-order valence-corrected chi connectivity index (χ3v) is 3.68. The lowest BCUT2D eigenvalue weighted by Crippen LogP contribution is -2.37. The summed E-state index contributed by atoms with van der Waals surface area (Å²) >= 11 is 0. The van der Waals surface area contributed by atoms with Crippen molar-refractivity contribution in [1.82, 2.24) is 4.90 Å². The fraction of sp³-hybridized carbons (Fsp3) is 0.316. The van der Waals surface area contributed by atoms with Crippen LogP contribution in [0.5, 0.6) is 5.75 Å². The fourth-order valence-corrected chi connectivity index (χ4v) is 2.41. The van der Waals surface area contributed by atoms with Gasteiger partial charge in [-0.15, -0.1) is 0 Å². The molecular formula is C19H25N3O. The van der Waals surface area contributed by atoms with Gasteiger partial charge < -0.3 is 15.4 Å². The molecule has 4 nitrogen and oxygen atoms in total. The topological polar surface area (TPSA) is 50.8 Å². The van der Waals surface area contributed by atoms with Crippen molar-refractivity contribution >= 4 is 5.96 Å². The van der Waals surface area contributed by atoms with E-state index in [-0.39, 0.29) is 0 Å². The number of hydrogen-bond donors (Lipinski definition) is 1. The van der Waals surface area contributed by atoms with Crippen molar-refractivity contribution in [2.45, 2.75) is 13.8 Å². The van der Waals surface area contributed by atoms with Crippen LogP contribution < -0.4 is 10.5 Å². The molecule has 0 amide bonds. The van der Waals surface area contributed by atoms with Crippen LogP contribution in [0.15, 0.2) is 59.6 Å². The molecule has 0 aliphatic carbocycles. The number of guanidine groups is 1. The van der Waals surface area contributed by atoms with Crippen LogP contribution in [0.4, 0.5) is 0 Å². The Kier molecular flexibility index (Phi) is 6.48. The van der Waals surface area contributed by atoms with Gasteiger partial charge in [-0.3, -0.25) is 0 Å². The highest BCUT2D eigenvalue weighted by Crippen LogP contribution is 2.29. The standard InChI is InChI=1S/C19H25N3O/c1-3-22(4-2)19(20)21-14-15-23-18-13-9-8-12-17(18)16-10-6-5-7-11-16/h5-13H,3-4,14-15H2,1-2H3,(H2,20,21). The molecule has 0 heterocycles. The lowest BCUT2D eigenvalue weighted by Gasteiger charge is -2.19. The van der Waals surface area contributed by atoms with Crippen LogP contribution in [0, 0.1) is 0 Å². The second-order valence-electron chi connectivity index (χ2n) is 5.12. The van der Waals surface area contributed by atoms with Crippen molar-refractivity contribution in [2.75, 3.05) is 26.2 Å². The van der Waals surface area contributed by atoms with Crippen molar-refractivity contribution < 1.29 is 4.74 Å². The fourth-order valence-electron chi connectivity index (χ4n) is 2.41. The minimum absolute atomic E-state index is 0.506. The number of rotatable bonds is 7. The van der Waals surface area contributed by atoms with Gasteiger partial charge in [-0.25, -0.2) is 4.99 Å². The molecule has 0 aromatic heterocycles. The number of benzene rings is 2. The second-order valence-corrected chi connectivity index (χ2v) is 5.12. The molecule has 0 saturated carbocycles. The Bertz CT molecular complexity index is 622. The first-order chi connectivity index (χ1) is 11.3. The average molecular weight is 311 g/mol.